The Labute approximate surface area is 102 Å². The van der Waals surface area contributed by atoms with E-state index in [1.807, 2.05) is 20.8 Å². The highest BCUT2D eigenvalue weighted by Gasteiger charge is 2.34. The summed E-state index contributed by atoms with van der Waals surface area (Å²) in [5, 5.41) is 3.86. The van der Waals surface area contributed by atoms with Gasteiger partial charge in [0.1, 0.15) is 4.90 Å². The van der Waals surface area contributed by atoms with Gasteiger partial charge in [0, 0.05) is 25.8 Å². The number of nitrogen functional groups attached to an aromatic ring is 1. The van der Waals surface area contributed by atoms with Crippen molar-refractivity contribution in [2.45, 2.75) is 37.6 Å². The van der Waals surface area contributed by atoms with Crippen molar-refractivity contribution in [3.63, 3.8) is 0 Å². The summed E-state index contributed by atoms with van der Waals surface area (Å²) in [4.78, 5) is 0.0593. The van der Waals surface area contributed by atoms with Crippen LogP contribution in [0.2, 0.25) is 0 Å². The first-order chi connectivity index (χ1) is 7.63. The van der Waals surface area contributed by atoms with Crippen LogP contribution in [0.15, 0.2) is 11.1 Å². The van der Waals surface area contributed by atoms with Crippen molar-refractivity contribution >= 4 is 15.8 Å². The fourth-order valence-electron chi connectivity index (χ4n) is 1.38. The van der Waals surface area contributed by atoms with Crippen molar-refractivity contribution in [2.75, 3.05) is 12.8 Å². The summed E-state index contributed by atoms with van der Waals surface area (Å²) in [7, 11) is -0.394. The molecule has 0 spiro atoms. The normalized spacial score (nSPS) is 13.3. The maximum Gasteiger partial charge on any atom is 0.248 e. The number of anilines is 1. The average molecular weight is 260 g/mol. The van der Waals surface area contributed by atoms with E-state index < -0.39 is 15.6 Å². The Hall–Kier alpha value is -1.08. The lowest BCUT2D eigenvalue weighted by Crippen LogP contribution is -2.44. The molecule has 98 valence electrons. The summed E-state index contributed by atoms with van der Waals surface area (Å²) in [5.41, 5.74) is 5.16. The van der Waals surface area contributed by atoms with Gasteiger partial charge in [-0.1, -0.05) is 6.92 Å². The molecule has 0 fully saturated rings. The molecule has 1 aromatic heterocycles. The molecule has 1 heterocycles. The molecule has 2 N–H and O–H groups in total. The lowest BCUT2D eigenvalue weighted by atomic mass is 10.0. The van der Waals surface area contributed by atoms with E-state index in [2.05, 4.69) is 5.10 Å². The van der Waals surface area contributed by atoms with Crippen LogP contribution in [-0.4, -0.2) is 35.1 Å². The summed E-state index contributed by atoms with van der Waals surface area (Å²) >= 11 is 0. The molecule has 0 atom stereocenters. The number of rotatable bonds is 4. The number of hydrogen-bond acceptors (Lipinski definition) is 4. The lowest BCUT2D eigenvalue weighted by molar-refractivity contribution is 0.257. The van der Waals surface area contributed by atoms with Crippen molar-refractivity contribution in [2.24, 2.45) is 7.05 Å². The Morgan fingerprint density at radius 3 is 2.41 bits per heavy atom. The molecule has 0 unspecified atom stereocenters. The number of nitrogens with zero attached hydrogens (tertiary/aromatic N) is 3. The fourth-order valence-corrected chi connectivity index (χ4v) is 3.04. The minimum absolute atomic E-state index is 0.0336. The molecule has 1 rings (SSSR count). The Balaban J connectivity index is 3.25. The van der Waals surface area contributed by atoms with E-state index in [0.29, 0.717) is 6.42 Å². The molecular formula is C10H20N4O2S. The quantitative estimate of drug-likeness (QED) is 0.868. The molecule has 0 aliphatic carbocycles. The molecule has 0 saturated carbocycles. The first-order valence-electron chi connectivity index (χ1n) is 5.41. The fraction of sp³-hybridized carbons (Fsp3) is 0.700. The zero-order chi connectivity index (χ0) is 13.4. The van der Waals surface area contributed by atoms with Gasteiger partial charge in [-0.05, 0) is 20.3 Å². The highest BCUT2D eigenvalue weighted by Crippen LogP contribution is 2.27. The first-order valence-corrected chi connectivity index (χ1v) is 6.85. The van der Waals surface area contributed by atoms with Crippen LogP contribution >= 0.6 is 0 Å². The van der Waals surface area contributed by atoms with Crippen LogP contribution < -0.4 is 5.73 Å². The van der Waals surface area contributed by atoms with Gasteiger partial charge in [0.2, 0.25) is 10.0 Å². The number of nitrogens with two attached hydrogens (primary N) is 1. The predicted molar refractivity (Wildman–Crippen MR) is 66.9 cm³/mol. The summed E-state index contributed by atoms with van der Waals surface area (Å²) in [6, 6.07) is 0. The highest BCUT2D eigenvalue weighted by molar-refractivity contribution is 7.89. The van der Waals surface area contributed by atoms with E-state index in [4.69, 9.17) is 5.73 Å². The van der Waals surface area contributed by atoms with Crippen molar-refractivity contribution in [1.82, 2.24) is 14.1 Å². The van der Waals surface area contributed by atoms with Gasteiger partial charge in [-0.2, -0.15) is 9.40 Å². The highest BCUT2D eigenvalue weighted by atomic mass is 32.2. The van der Waals surface area contributed by atoms with Crippen LogP contribution in [-0.2, 0) is 17.1 Å². The molecule has 17 heavy (non-hydrogen) atoms. The Morgan fingerprint density at radius 2 is 2.06 bits per heavy atom. The Kier molecular flexibility index (Phi) is 3.54. The van der Waals surface area contributed by atoms with Gasteiger partial charge in [0.15, 0.2) is 5.82 Å². The molecule has 0 saturated heterocycles. The molecule has 0 aromatic carbocycles. The minimum Gasteiger partial charge on any atom is -0.381 e. The SMILES string of the molecule is CCC(C)(C)N(C)S(=O)(=O)c1cn(C)nc1N. The van der Waals surface area contributed by atoms with Gasteiger partial charge < -0.3 is 5.73 Å². The Morgan fingerprint density at radius 1 is 1.53 bits per heavy atom. The van der Waals surface area contributed by atoms with Crippen LogP contribution in [0.25, 0.3) is 0 Å². The van der Waals surface area contributed by atoms with Crippen LogP contribution in [0.3, 0.4) is 0 Å². The summed E-state index contributed by atoms with van der Waals surface area (Å²) in [6.07, 6.45) is 2.13. The number of hydrogen-bond donors (Lipinski definition) is 1. The van der Waals surface area contributed by atoms with Gasteiger partial charge in [-0.3, -0.25) is 4.68 Å². The predicted octanol–water partition coefficient (Wildman–Crippen LogP) is 0.811. The van der Waals surface area contributed by atoms with E-state index in [0.717, 1.165) is 0 Å². The topological polar surface area (TPSA) is 81.2 Å². The monoisotopic (exact) mass is 260 g/mol. The minimum atomic E-state index is -3.59. The molecule has 0 aliphatic heterocycles. The van der Waals surface area contributed by atoms with E-state index >= 15 is 0 Å². The first kappa shape index (κ1) is 14.0. The molecule has 0 aliphatic rings. The molecule has 1 aromatic rings. The molecule has 0 amide bonds. The molecule has 0 radical (unpaired) electrons. The van der Waals surface area contributed by atoms with E-state index in [1.165, 1.54) is 15.2 Å². The van der Waals surface area contributed by atoms with Gasteiger partial charge in [-0.15, -0.1) is 0 Å². The second kappa shape index (κ2) is 4.30. The molecular weight excluding hydrogens is 240 g/mol. The van der Waals surface area contributed by atoms with E-state index in [9.17, 15) is 8.42 Å². The van der Waals surface area contributed by atoms with Crippen molar-refractivity contribution in [1.29, 1.82) is 0 Å². The van der Waals surface area contributed by atoms with Crippen LogP contribution in [0.1, 0.15) is 27.2 Å². The second-order valence-corrected chi connectivity index (χ2v) is 6.63. The molecule has 6 nitrogen and oxygen atoms in total. The zero-order valence-corrected chi connectivity index (χ0v) is 11.7. The van der Waals surface area contributed by atoms with Crippen LogP contribution in [0.4, 0.5) is 5.82 Å². The van der Waals surface area contributed by atoms with Gasteiger partial charge in [-0.25, -0.2) is 8.42 Å². The Bertz CT molecular complexity index is 504. The smallest absolute Gasteiger partial charge is 0.248 e. The number of aromatic nitrogens is 2. The largest absolute Gasteiger partial charge is 0.381 e. The lowest BCUT2D eigenvalue weighted by Gasteiger charge is -2.33. The van der Waals surface area contributed by atoms with Crippen molar-refractivity contribution in [3.05, 3.63) is 6.20 Å². The van der Waals surface area contributed by atoms with Crippen molar-refractivity contribution in [3.8, 4) is 0 Å². The van der Waals surface area contributed by atoms with Gasteiger partial charge in [0.05, 0.1) is 0 Å². The zero-order valence-electron chi connectivity index (χ0n) is 10.9. The average Bonchev–Trinajstić information content (AvgIpc) is 2.57. The number of aryl methyl sites for hydroxylation is 1. The van der Waals surface area contributed by atoms with Crippen LogP contribution in [0, 0.1) is 0 Å². The maximum atomic E-state index is 12.4. The van der Waals surface area contributed by atoms with Crippen LogP contribution in [0.5, 0.6) is 0 Å². The summed E-state index contributed by atoms with van der Waals surface area (Å²) < 4.78 is 27.5. The van der Waals surface area contributed by atoms with Crippen molar-refractivity contribution < 1.29 is 8.42 Å². The van der Waals surface area contributed by atoms with Gasteiger partial charge >= 0.3 is 0 Å². The molecule has 0 bridgehead atoms. The third kappa shape index (κ3) is 2.44. The van der Waals surface area contributed by atoms with E-state index in [-0.39, 0.29) is 10.7 Å². The standard InChI is InChI=1S/C10H20N4O2S/c1-6-10(2,3)14(5)17(15,16)8-7-13(4)12-9(8)11/h7H,6H2,1-5H3,(H2,11,12). The van der Waals surface area contributed by atoms with E-state index in [1.54, 1.807) is 14.1 Å². The van der Waals surface area contributed by atoms with Gasteiger partial charge in [0.25, 0.3) is 0 Å². The summed E-state index contributed by atoms with van der Waals surface area (Å²) in [6.45, 7) is 5.69. The molecule has 7 heteroatoms. The maximum absolute atomic E-state index is 12.4. The second-order valence-electron chi connectivity index (χ2n) is 4.69. The third-order valence-corrected chi connectivity index (χ3v) is 5.26. The summed E-state index contributed by atoms with van der Waals surface area (Å²) in [5.74, 6) is 0.0336. The number of sulfonamides is 1. The third-order valence-electron chi connectivity index (χ3n) is 3.18.